The number of hydrogen-bond acceptors (Lipinski definition) is 5. The maximum atomic E-state index is 12.9. The molecule has 30 heavy (non-hydrogen) atoms. The molecule has 2 fully saturated rings. The number of amides is 1. The van der Waals surface area contributed by atoms with Gasteiger partial charge in [0.25, 0.3) is 0 Å². The monoisotopic (exact) mass is 411 g/mol. The number of nitrogens with zero attached hydrogens (tertiary/aromatic N) is 1. The molecule has 4 rings (SSSR count). The molecule has 160 valence electrons. The molecule has 0 spiro atoms. The lowest BCUT2D eigenvalue weighted by Gasteiger charge is -2.51. The lowest BCUT2D eigenvalue weighted by atomic mass is 9.75. The van der Waals surface area contributed by atoms with E-state index in [1.165, 1.54) is 0 Å². The SMILES string of the molecule is COc1cc(C)c(C2(O)CC3COCC(C2)N3C(=O)OCc2ccccc2)cc1C. The quantitative estimate of drug-likeness (QED) is 0.831. The maximum absolute atomic E-state index is 12.9. The van der Waals surface area contributed by atoms with Crippen molar-refractivity contribution in [3.63, 3.8) is 0 Å². The molecule has 2 atom stereocenters. The van der Waals surface area contributed by atoms with E-state index in [-0.39, 0.29) is 24.8 Å². The summed E-state index contributed by atoms with van der Waals surface area (Å²) in [5.41, 5.74) is 2.80. The lowest BCUT2D eigenvalue weighted by molar-refractivity contribution is -0.137. The number of aryl methyl sites for hydroxylation is 2. The van der Waals surface area contributed by atoms with Crippen molar-refractivity contribution in [2.45, 2.75) is 51.0 Å². The minimum absolute atomic E-state index is 0.229. The third kappa shape index (κ3) is 3.89. The van der Waals surface area contributed by atoms with E-state index in [4.69, 9.17) is 14.2 Å². The minimum Gasteiger partial charge on any atom is -0.496 e. The average Bonchev–Trinajstić information content (AvgIpc) is 2.73. The van der Waals surface area contributed by atoms with E-state index in [0.717, 1.165) is 28.0 Å². The largest absolute Gasteiger partial charge is 0.496 e. The fraction of sp³-hybridized carbons (Fsp3) is 0.458. The molecule has 1 amide bonds. The molecule has 2 saturated heterocycles. The van der Waals surface area contributed by atoms with Crippen molar-refractivity contribution in [1.29, 1.82) is 0 Å². The van der Waals surface area contributed by atoms with Gasteiger partial charge in [-0.2, -0.15) is 0 Å². The van der Waals surface area contributed by atoms with Crippen molar-refractivity contribution in [3.05, 3.63) is 64.7 Å². The third-order valence-corrected chi connectivity index (χ3v) is 6.21. The van der Waals surface area contributed by atoms with Crippen LogP contribution in [0.4, 0.5) is 4.79 Å². The Kier molecular flexibility index (Phi) is 5.71. The van der Waals surface area contributed by atoms with Gasteiger partial charge >= 0.3 is 6.09 Å². The number of carbonyl (C=O) groups excluding carboxylic acids is 1. The average molecular weight is 411 g/mol. The first-order chi connectivity index (χ1) is 14.4. The third-order valence-electron chi connectivity index (χ3n) is 6.21. The standard InChI is InChI=1S/C24H29NO5/c1-16-10-22(28-3)17(2)9-21(16)24(27)11-19-14-29-15-20(12-24)25(19)23(26)30-13-18-7-5-4-6-8-18/h4-10,19-20,27H,11-15H2,1-3H3. The highest BCUT2D eigenvalue weighted by molar-refractivity contribution is 5.69. The zero-order valence-corrected chi connectivity index (χ0v) is 17.8. The number of carbonyl (C=O) groups is 1. The number of methoxy groups -OCH3 is 1. The highest BCUT2D eigenvalue weighted by atomic mass is 16.6. The van der Waals surface area contributed by atoms with Crippen LogP contribution in [0, 0.1) is 13.8 Å². The summed E-state index contributed by atoms with van der Waals surface area (Å²) < 4.78 is 16.7. The summed E-state index contributed by atoms with van der Waals surface area (Å²) in [5, 5.41) is 11.6. The van der Waals surface area contributed by atoms with E-state index in [2.05, 4.69) is 0 Å². The van der Waals surface area contributed by atoms with Crippen LogP contribution in [0.15, 0.2) is 42.5 Å². The van der Waals surface area contributed by atoms with Crippen LogP contribution in [0.5, 0.6) is 5.75 Å². The van der Waals surface area contributed by atoms with Gasteiger partial charge in [-0.3, -0.25) is 4.90 Å². The lowest BCUT2D eigenvalue weighted by Crippen LogP contribution is -2.62. The van der Waals surface area contributed by atoms with Gasteiger partial charge in [0.15, 0.2) is 0 Å². The molecule has 2 aliphatic heterocycles. The Morgan fingerprint density at radius 1 is 1.13 bits per heavy atom. The van der Waals surface area contributed by atoms with E-state index in [9.17, 15) is 9.90 Å². The van der Waals surface area contributed by atoms with Gasteiger partial charge in [-0.25, -0.2) is 4.79 Å². The molecule has 2 aromatic rings. The van der Waals surface area contributed by atoms with Crippen molar-refractivity contribution in [1.82, 2.24) is 4.90 Å². The Hall–Kier alpha value is -2.57. The molecule has 6 heteroatoms. The van der Waals surface area contributed by atoms with Gasteiger partial charge in [0.1, 0.15) is 12.4 Å². The van der Waals surface area contributed by atoms with Crippen LogP contribution in [-0.4, -0.2) is 48.5 Å². The van der Waals surface area contributed by atoms with Crippen molar-refractivity contribution >= 4 is 6.09 Å². The number of fused-ring (bicyclic) bond motifs is 2. The molecule has 2 bridgehead atoms. The normalized spacial score (nSPS) is 25.7. The maximum Gasteiger partial charge on any atom is 0.410 e. The Labute approximate surface area is 177 Å². The van der Waals surface area contributed by atoms with Gasteiger partial charge in [0.2, 0.25) is 0 Å². The topological polar surface area (TPSA) is 68.2 Å². The number of aliphatic hydroxyl groups is 1. The van der Waals surface area contributed by atoms with Crippen molar-refractivity contribution < 1.29 is 24.1 Å². The number of benzene rings is 2. The summed E-state index contributed by atoms with van der Waals surface area (Å²) >= 11 is 0. The van der Waals surface area contributed by atoms with E-state index < -0.39 is 5.60 Å². The molecule has 0 radical (unpaired) electrons. The van der Waals surface area contributed by atoms with Crippen LogP contribution >= 0.6 is 0 Å². The van der Waals surface area contributed by atoms with Crippen LogP contribution in [0.2, 0.25) is 0 Å². The Bertz CT molecular complexity index is 899. The molecule has 0 aliphatic carbocycles. The molecule has 2 aliphatic rings. The number of piperidine rings is 1. The van der Waals surface area contributed by atoms with Crippen LogP contribution in [0.3, 0.4) is 0 Å². The van der Waals surface area contributed by atoms with Crippen molar-refractivity contribution in [3.8, 4) is 5.75 Å². The van der Waals surface area contributed by atoms with E-state index in [0.29, 0.717) is 26.1 Å². The summed E-state index contributed by atoms with van der Waals surface area (Å²) in [6.45, 7) is 4.99. The van der Waals surface area contributed by atoms with E-state index >= 15 is 0 Å². The molecule has 6 nitrogen and oxygen atoms in total. The zero-order chi connectivity index (χ0) is 21.3. The summed E-state index contributed by atoms with van der Waals surface area (Å²) in [4.78, 5) is 14.7. The molecule has 0 aromatic heterocycles. The molecular weight excluding hydrogens is 382 g/mol. The molecule has 2 unspecified atom stereocenters. The predicted molar refractivity (Wildman–Crippen MR) is 112 cm³/mol. The highest BCUT2D eigenvalue weighted by Gasteiger charge is 2.49. The molecule has 2 aromatic carbocycles. The summed E-state index contributed by atoms with van der Waals surface area (Å²) in [6, 6.07) is 13.2. The summed E-state index contributed by atoms with van der Waals surface area (Å²) in [6.07, 6.45) is 0.481. The minimum atomic E-state index is -1.02. The fourth-order valence-corrected chi connectivity index (χ4v) is 4.80. The summed E-state index contributed by atoms with van der Waals surface area (Å²) in [7, 11) is 1.65. The van der Waals surface area contributed by atoms with Crippen LogP contribution < -0.4 is 4.74 Å². The van der Waals surface area contributed by atoms with Crippen LogP contribution in [-0.2, 0) is 21.7 Å². The smallest absolute Gasteiger partial charge is 0.410 e. The van der Waals surface area contributed by atoms with Crippen molar-refractivity contribution in [2.75, 3.05) is 20.3 Å². The predicted octanol–water partition coefficient (Wildman–Crippen LogP) is 3.70. The van der Waals surface area contributed by atoms with E-state index in [1.807, 2.05) is 56.3 Å². The second kappa shape index (κ2) is 8.28. The summed E-state index contributed by atoms with van der Waals surface area (Å²) in [5.74, 6) is 0.810. The first kappa shape index (κ1) is 20.7. The van der Waals surface area contributed by atoms with Crippen molar-refractivity contribution in [2.24, 2.45) is 0 Å². The first-order valence-electron chi connectivity index (χ1n) is 10.4. The first-order valence-corrected chi connectivity index (χ1v) is 10.4. The van der Waals surface area contributed by atoms with Crippen LogP contribution in [0.25, 0.3) is 0 Å². The zero-order valence-electron chi connectivity index (χ0n) is 17.8. The van der Waals surface area contributed by atoms with Gasteiger partial charge in [-0.1, -0.05) is 30.3 Å². The Morgan fingerprint density at radius 2 is 1.80 bits per heavy atom. The highest BCUT2D eigenvalue weighted by Crippen LogP contribution is 2.43. The number of rotatable bonds is 4. The second-order valence-corrected chi connectivity index (χ2v) is 8.37. The molecule has 1 N–H and O–H groups in total. The Balaban J connectivity index is 1.53. The van der Waals surface area contributed by atoms with Gasteiger partial charge in [0, 0.05) is 12.8 Å². The molecular formula is C24H29NO5. The van der Waals surface area contributed by atoms with Gasteiger partial charge in [-0.15, -0.1) is 0 Å². The van der Waals surface area contributed by atoms with E-state index in [1.54, 1.807) is 12.0 Å². The second-order valence-electron chi connectivity index (χ2n) is 8.37. The number of morpholine rings is 1. The van der Waals surface area contributed by atoms with Gasteiger partial charge < -0.3 is 19.3 Å². The van der Waals surface area contributed by atoms with Gasteiger partial charge in [0.05, 0.1) is 38.0 Å². The number of ether oxygens (including phenoxy) is 3. The molecule has 2 heterocycles. The molecule has 0 saturated carbocycles. The number of hydrogen-bond donors (Lipinski definition) is 1. The van der Waals surface area contributed by atoms with Gasteiger partial charge in [-0.05, 0) is 48.2 Å². The fourth-order valence-electron chi connectivity index (χ4n) is 4.80. The Morgan fingerprint density at radius 3 is 2.43 bits per heavy atom. The van der Waals surface area contributed by atoms with Crippen LogP contribution in [0.1, 0.15) is 35.1 Å².